The smallest absolute Gasteiger partial charge is 0.416 e. The number of anilines is 1. The molecule has 1 unspecified atom stereocenters. The Bertz CT molecular complexity index is 1300. The maximum Gasteiger partial charge on any atom is 0.416 e. The summed E-state index contributed by atoms with van der Waals surface area (Å²) >= 11 is 0. The first kappa shape index (κ1) is 25.3. The maximum absolute atomic E-state index is 13.4. The largest absolute Gasteiger partial charge is 0.453 e. The number of nitrogens with one attached hydrogen (secondary N) is 2. The summed E-state index contributed by atoms with van der Waals surface area (Å²) in [5, 5.41) is 5.68. The van der Waals surface area contributed by atoms with Gasteiger partial charge in [0.05, 0.1) is 12.7 Å². The topological polar surface area (TPSA) is 67.4 Å². The Morgan fingerprint density at radius 1 is 0.972 bits per heavy atom. The van der Waals surface area contributed by atoms with Gasteiger partial charge < -0.3 is 15.4 Å². The maximum atomic E-state index is 13.4. The number of fused-ring (bicyclic) bond motifs is 1. The van der Waals surface area contributed by atoms with E-state index in [1.807, 2.05) is 38.1 Å². The highest BCUT2D eigenvalue weighted by Crippen LogP contribution is 2.34. The molecule has 188 valence electrons. The summed E-state index contributed by atoms with van der Waals surface area (Å²) in [5.41, 5.74) is 5.39. The number of benzene rings is 3. The molecule has 2 amide bonds. The van der Waals surface area contributed by atoms with E-state index in [-0.39, 0.29) is 11.8 Å². The summed E-state index contributed by atoms with van der Waals surface area (Å²) in [6.07, 6.45) is -3.30. The first-order valence-electron chi connectivity index (χ1n) is 11.6. The highest BCUT2D eigenvalue weighted by molar-refractivity contribution is 6.09. The van der Waals surface area contributed by atoms with Crippen LogP contribution in [0.25, 0.3) is 11.1 Å². The van der Waals surface area contributed by atoms with E-state index in [0.29, 0.717) is 28.9 Å². The molecule has 8 heteroatoms. The molecule has 5 nitrogen and oxygen atoms in total. The zero-order chi connectivity index (χ0) is 26.0. The van der Waals surface area contributed by atoms with Gasteiger partial charge in [0.15, 0.2) is 0 Å². The first-order chi connectivity index (χ1) is 17.0. The number of carbonyl (C=O) groups is 2. The SMILES string of the molecule is COC(=O)NCC1Cc2ccc(NC(=O)c3cc(C)cc(C)c3-c3ccc(C(F)(F)F)cc3)cc2C1. The van der Waals surface area contributed by atoms with Gasteiger partial charge >= 0.3 is 12.3 Å². The Balaban J connectivity index is 1.56. The Labute approximate surface area is 207 Å². The molecule has 3 aromatic rings. The molecule has 0 aliphatic heterocycles. The van der Waals surface area contributed by atoms with E-state index in [2.05, 4.69) is 15.4 Å². The number of carbonyl (C=O) groups excluding carboxylic acids is 2. The summed E-state index contributed by atoms with van der Waals surface area (Å²) in [6, 6.07) is 14.3. The van der Waals surface area contributed by atoms with Gasteiger partial charge in [-0.05, 0) is 90.8 Å². The Hall–Kier alpha value is -3.81. The van der Waals surface area contributed by atoms with Crippen LogP contribution >= 0.6 is 0 Å². The molecule has 0 radical (unpaired) electrons. The van der Waals surface area contributed by atoms with Crippen LogP contribution in [0, 0.1) is 19.8 Å². The second-order valence-corrected chi connectivity index (χ2v) is 9.16. The molecule has 0 saturated heterocycles. The second kappa shape index (κ2) is 10.0. The van der Waals surface area contributed by atoms with Gasteiger partial charge in [0.1, 0.15) is 0 Å². The van der Waals surface area contributed by atoms with Crippen molar-refractivity contribution in [2.24, 2.45) is 5.92 Å². The van der Waals surface area contributed by atoms with Crippen molar-refractivity contribution in [1.82, 2.24) is 5.32 Å². The zero-order valence-electron chi connectivity index (χ0n) is 20.3. The lowest BCUT2D eigenvalue weighted by molar-refractivity contribution is -0.137. The summed E-state index contributed by atoms with van der Waals surface area (Å²) in [7, 11) is 1.33. The number of ether oxygens (including phenoxy) is 1. The van der Waals surface area contributed by atoms with Crippen LogP contribution in [0.3, 0.4) is 0 Å². The summed E-state index contributed by atoms with van der Waals surface area (Å²) < 4.78 is 43.7. The molecule has 1 atom stereocenters. The highest BCUT2D eigenvalue weighted by atomic mass is 19.4. The summed E-state index contributed by atoms with van der Waals surface area (Å²) in [5.74, 6) is -0.0886. The molecule has 2 N–H and O–H groups in total. The van der Waals surface area contributed by atoms with Gasteiger partial charge in [0.2, 0.25) is 0 Å². The quantitative estimate of drug-likeness (QED) is 0.435. The van der Waals surface area contributed by atoms with Crippen LogP contribution in [0.1, 0.15) is 38.2 Å². The molecule has 0 spiro atoms. The number of methoxy groups -OCH3 is 1. The van der Waals surface area contributed by atoms with Gasteiger partial charge in [-0.3, -0.25) is 4.79 Å². The Kier molecular flexibility index (Phi) is 7.06. The average Bonchev–Trinajstić information content (AvgIpc) is 3.23. The van der Waals surface area contributed by atoms with E-state index in [0.717, 1.165) is 41.7 Å². The first-order valence-corrected chi connectivity index (χ1v) is 11.6. The van der Waals surface area contributed by atoms with E-state index in [1.54, 1.807) is 6.07 Å². The van der Waals surface area contributed by atoms with Crippen LogP contribution in [0.5, 0.6) is 0 Å². The third-order valence-electron chi connectivity index (χ3n) is 6.43. The fourth-order valence-electron chi connectivity index (χ4n) is 4.79. The monoisotopic (exact) mass is 496 g/mol. The van der Waals surface area contributed by atoms with E-state index in [9.17, 15) is 22.8 Å². The number of amides is 2. The fourth-order valence-corrected chi connectivity index (χ4v) is 4.79. The standard InChI is InChI=1S/C28H27F3N2O3/c1-16-10-17(2)25(19-4-7-22(8-5-19)28(29,30)31)24(11-16)26(34)33-23-9-6-20-12-18(13-21(20)14-23)15-32-27(35)36-3/h4-11,14,18H,12-13,15H2,1-3H3,(H,32,35)(H,33,34). The number of hydrogen-bond donors (Lipinski definition) is 2. The molecule has 1 aliphatic rings. The molecule has 0 saturated carbocycles. The normalized spacial score (nSPS) is 14.8. The van der Waals surface area contributed by atoms with E-state index in [4.69, 9.17) is 0 Å². The van der Waals surface area contributed by atoms with Crippen LogP contribution in [-0.2, 0) is 23.8 Å². The van der Waals surface area contributed by atoms with Crippen molar-refractivity contribution < 1.29 is 27.5 Å². The lowest BCUT2D eigenvalue weighted by Gasteiger charge is -2.16. The molecular weight excluding hydrogens is 469 g/mol. The van der Waals surface area contributed by atoms with Crippen LogP contribution in [0.2, 0.25) is 0 Å². The highest BCUT2D eigenvalue weighted by Gasteiger charge is 2.30. The molecule has 0 aromatic heterocycles. The third kappa shape index (κ3) is 5.53. The summed E-state index contributed by atoms with van der Waals surface area (Å²) in [4.78, 5) is 24.7. The number of halogens is 3. The van der Waals surface area contributed by atoms with Crippen molar-refractivity contribution in [3.63, 3.8) is 0 Å². The van der Waals surface area contributed by atoms with Gasteiger partial charge in [-0.1, -0.05) is 29.8 Å². The minimum Gasteiger partial charge on any atom is -0.453 e. The number of hydrogen-bond acceptors (Lipinski definition) is 3. The molecule has 0 heterocycles. The van der Waals surface area contributed by atoms with Crippen LogP contribution in [0.4, 0.5) is 23.7 Å². The molecule has 0 bridgehead atoms. The molecule has 0 fully saturated rings. The van der Waals surface area contributed by atoms with Crippen molar-refractivity contribution >= 4 is 17.7 Å². The predicted octanol–water partition coefficient (Wildman–Crippen LogP) is 6.31. The number of alkyl halides is 3. The van der Waals surface area contributed by atoms with Crippen molar-refractivity contribution in [3.05, 3.63) is 88.0 Å². The van der Waals surface area contributed by atoms with E-state index in [1.165, 1.54) is 24.8 Å². The van der Waals surface area contributed by atoms with Crippen molar-refractivity contribution in [2.75, 3.05) is 19.0 Å². The van der Waals surface area contributed by atoms with Crippen LogP contribution in [-0.4, -0.2) is 25.7 Å². The lowest BCUT2D eigenvalue weighted by atomic mass is 9.92. The van der Waals surface area contributed by atoms with Crippen molar-refractivity contribution in [1.29, 1.82) is 0 Å². The van der Waals surface area contributed by atoms with Crippen LogP contribution < -0.4 is 10.6 Å². The number of alkyl carbamates (subject to hydrolysis) is 1. The minimum absolute atomic E-state index is 0.246. The van der Waals surface area contributed by atoms with Crippen molar-refractivity contribution in [2.45, 2.75) is 32.9 Å². The van der Waals surface area contributed by atoms with Crippen LogP contribution in [0.15, 0.2) is 54.6 Å². The summed E-state index contributed by atoms with van der Waals surface area (Å²) in [6.45, 7) is 4.22. The number of aryl methyl sites for hydroxylation is 2. The number of rotatable bonds is 5. The molecule has 3 aromatic carbocycles. The van der Waals surface area contributed by atoms with Crippen molar-refractivity contribution in [3.8, 4) is 11.1 Å². The molecular formula is C28H27F3N2O3. The Morgan fingerprint density at radius 3 is 2.33 bits per heavy atom. The average molecular weight is 497 g/mol. The zero-order valence-corrected chi connectivity index (χ0v) is 20.3. The minimum atomic E-state index is -4.43. The Morgan fingerprint density at radius 2 is 1.67 bits per heavy atom. The van der Waals surface area contributed by atoms with Gasteiger partial charge in [-0.15, -0.1) is 0 Å². The van der Waals surface area contributed by atoms with Gasteiger partial charge in [-0.2, -0.15) is 13.2 Å². The molecule has 4 rings (SSSR count). The third-order valence-corrected chi connectivity index (χ3v) is 6.43. The fraction of sp³-hybridized carbons (Fsp3) is 0.286. The van der Waals surface area contributed by atoms with Gasteiger partial charge in [0, 0.05) is 17.8 Å². The van der Waals surface area contributed by atoms with Gasteiger partial charge in [0.25, 0.3) is 5.91 Å². The molecule has 1 aliphatic carbocycles. The lowest BCUT2D eigenvalue weighted by Crippen LogP contribution is -2.29. The second-order valence-electron chi connectivity index (χ2n) is 9.16. The predicted molar refractivity (Wildman–Crippen MR) is 132 cm³/mol. The van der Waals surface area contributed by atoms with E-state index >= 15 is 0 Å². The van der Waals surface area contributed by atoms with E-state index < -0.39 is 17.8 Å². The van der Waals surface area contributed by atoms with Gasteiger partial charge in [-0.25, -0.2) is 4.79 Å². The molecule has 36 heavy (non-hydrogen) atoms.